The Morgan fingerprint density at radius 3 is 2.68 bits per heavy atom. The van der Waals surface area contributed by atoms with Crippen molar-refractivity contribution in [3.8, 4) is 0 Å². The third-order valence-electron chi connectivity index (χ3n) is 3.35. The number of hydrogen-bond donors (Lipinski definition) is 1. The van der Waals surface area contributed by atoms with E-state index in [1.807, 2.05) is 6.92 Å². The molecular weight excluding hydrogens is 247 g/mol. The van der Waals surface area contributed by atoms with E-state index in [1.54, 1.807) is 18.2 Å². The van der Waals surface area contributed by atoms with Crippen molar-refractivity contribution < 1.29 is 14.0 Å². The third kappa shape index (κ3) is 2.98. The smallest absolute Gasteiger partial charge is 0.246 e. The lowest BCUT2D eigenvalue weighted by Gasteiger charge is -2.18. The van der Waals surface area contributed by atoms with Gasteiger partial charge in [-0.3, -0.25) is 14.5 Å². The number of benzene rings is 1. The number of likely N-dealkylation sites (N-methyl/N-ethyl adjacent to an activating group) is 1. The van der Waals surface area contributed by atoms with Crippen molar-refractivity contribution in [2.24, 2.45) is 0 Å². The molecule has 2 unspecified atom stereocenters. The van der Waals surface area contributed by atoms with Crippen LogP contribution in [-0.4, -0.2) is 35.8 Å². The van der Waals surface area contributed by atoms with E-state index >= 15 is 0 Å². The molecule has 0 radical (unpaired) electrons. The first-order chi connectivity index (χ1) is 8.99. The van der Waals surface area contributed by atoms with Gasteiger partial charge in [0, 0.05) is 13.1 Å². The molecule has 1 heterocycles. The molecule has 1 N–H and O–H groups in total. The second-order valence-electron chi connectivity index (χ2n) is 4.91. The van der Waals surface area contributed by atoms with E-state index in [4.69, 9.17) is 0 Å². The van der Waals surface area contributed by atoms with Gasteiger partial charge in [-0.2, -0.15) is 0 Å². The van der Waals surface area contributed by atoms with Crippen LogP contribution >= 0.6 is 0 Å². The van der Waals surface area contributed by atoms with Crippen LogP contribution in [0.15, 0.2) is 24.3 Å². The zero-order valence-electron chi connectivity index (χ0n) is 11.0. The summed E-state index contributed by atoms with van der Waals surface area (Å²) in [6.07, 6.45) is 0.658. The van der Waals surface area contributed by atoms with Crippen molar-refractivity contribution in [1.82, 2.24) is 10.2 Å². The highest BCUT2D eigenvalue weighted by atomic mass is 19.1. The summed E-state index contributed by atoms with van der Waals surface area (Å²) in [6, 6.07) is 6.00. The molecule has 1 aliphatic rings. The van der Waals surface area contributed by atoms with Gasteiger partial charge in [0.05, 0.1) is 12.5 Å². The van der Waals surface area contributed by atoms with Crippen LogP contribution < -0.4 is 5.32 Å². The average molecular weight is 264 g/mol. The van der Waals surface area contributed by atoms with E-state index in [1.165, 1.54) is 13.1 Å². The fourth-order valence-electron chi connectivity index (χ4n) is 2.28. The van der Waals surface area contributed by atoms with Gasteiger partial charge in [-0.1, -0.05) is 18.2 Å². The number of nitrogens with zero attached hydrogens (tertiary/aromatic N) is 1. The van der Waals surface area contributed by atoms with Gasteiger partial charge in [-0.25, -0.2) is 4.39 Å². The first-order valence-electron chi connectivity index (χ1n) is 6.29. The van der Waals surface area contributed by atoms with Crippen molar-refractivity contribution in [3.05, 3.63) is 35.6 Å². The van der Waals surface area contributed by atoms with E-state index in [2.05, 4.69) is 5.32 Å². The molecule has 0 aliphatic carbocycles. The van der Waals surface area contributed by atoms with Crippen LogP contribution in [0.1, 0.15) is 18.9 Å². The molecule has 1 fully saturated rings. The Bertz CT molecular complexity index is 504. The molecule has 1 aliphatic heterocycles. The predicted molar refractivity (Wildman–Crippen MR) is 68.9 cm³/mol. The molecule has 0 bridgehead atoms. The molecule has 1 saturated heterocycles. The monoisotopic (exact) mass is 264 g/mol. The summed E-state index contributed by atoms with van der Waals surface area (Å²) in [6.45, 7) is 1.88. The minimum Gasteiger partial charge on any atom is -0.303 e. The van der Waals surface area contributed by atoms with Gasteiger partial charge in [-0.15, -0.1) is 0 Å². The van der Waals surface area contributed by atoms with E-state index < -0.39 is 6.04 Å². The Morgan fingerprint density at radius 1 is 1.42 bits per heavy atom. The van der Waals surface area contributed by atoms with Crippen molar-refractivity contribution in [3.63, 3.8) is 0 Å². The maximum absolute atomic E-state index is 13.5. The number of likely N-dealkylation sites (tertiary alicyclic amines) is 1. The molecule has 19 heavy (non-hydrogen) atoms. The molecule has 0 saturated carbocycles. The SMILES string of the molecule is CC(Cc1ccccc1F)NC1CC(=O)N(C)C1=O. The Hall–Kier alpha value is -1.75. The lowest BCUT2D eigenvalue weighted by molar-refractivity contribution is -0.137. The first-order valence-corrected chi connectivity index (χ1v) is 6.29. The molecule has 2 rings (SSSR count). The zero-order valence-corrected chi connectivity index (χ0v) is 11.0. The fourth-order valence-corrected chi connectivity index (χ4v) is 2.28. The molecule has 1 aromatic carbocycles. The zero-order chi connectivity index (χ0) is 14.0. The van der Waals surface area contributed by atoms with Gasteiger partial charge in [0.15, 0.2) is 0 Å². The molecule has 2 amide bonds. The number of hydrogen-bond acceptors (Lipinski definition) is 3. The van der Waals surface area contributed by atoms with Crippen molar-refractivity contribution >= 4 is 11.8 Å². The quantitative estimate of drug-likeness (QED) is 0.829. The van der Waals surface area contributed by atoms with E-state index in [9.17, 15) is 14.0 Å². The topological polar surface area (TPSA) is 49.4 Å². The Kier molecular flexibility index (Phi) is 3.95. The van der Waals surface area contributed by atoms with Crippen LogP contribution in [0, 0.1) is 5.82 Å². The molecule has 4 nitrogen and oxygen atoms in total. The summed E-state index contributed by atoms with van der Waals surface area (Å²) in [7, 11) is 1.48. The van der Waals surface area contributed by atoms with Crippen molar-refractivity contribution in [2.75, 3.05) is 7.05 Å². The number of carbonyl (C=O) groups excluding carboxylic acids is 2. The summed E-state index contributed by atoms with van der Waals surface area (Å²) < 4.78 is 13.5. The lowest BCUT2D eigenvalue weighted by Crippen LogP contribution is -2.42. The fraction of sp³-hybridized carbons (Fsp3) is 0.429. The van der Waals surface area contributed by atoms with Crippen LogP contribution in [0.3, 0.4) is 0 Å². The summed E-state index contributed by atoms with van der Waals surface area (Å²) >= 11 is 0. The predicted octanol–water partition coefficient (Wildman–Crippen LogP) is 1.10. The van der Waals surface area contributed by atoms with E-state index in [0.29, 0.717) is 12.0 Å². The van der Waals surface area contributed by atoms with Crippen LogP contribution in [0.2, 0.25) is 0 Å². The molecule has 102 valence electrons. The number of imide groups is 1. The van der Waals surface area contributed by atoms with Gasteiger partial charge in [0.25, 0.3) is 0 Å². The highest BCUT2D eigenvalue weighted by molar-refractivity contribution is 6.05. The molecule has 5 heteroatoms. The Morgan fingerprint density at radius 2 is 2.11 bits per heavy atom. The standard InChI is InChI=1S/C14H17FN2O2/c1-9(7-10-5-3-4-6-11(10)15)16-12-8-13(18)17(2)14(12)19/h3-6,9,12,16H,7-8H2,1-2H3. The molecule has 1 aromatic rings. The Labute approximate surface area is 111 Å². The number of halogens is 1. The minimum absolute atomic E-state index is 0.0786. The van der Waals surface area contributed by atoms with Gasteiger partial charge in [0.1, 0.15) is 5.82 Å². The van der Waals surface area contributed by atoms with E-state index in [-0.39, 0.29) is 30.1 Å². The summed E-state index contributed by atoms with van der Waals surface area (Å²) in [5, 5.41) is 3.09. The summed E-state index contributed by atoms with van der Waals surface area (Å²) in [5.41, 5.74) is 0.604. The number of amides is 2. The lowest BCUT2D eigenvalue weighted by atomic mass is 10.1. The Balaban J connectivity index is 1.96. The van der Waals surface area contributed by atoms with Gasteiger partial charge in [0.2, 0.25) is 11.8 Å². The number of carbonyl (C=O) groups is 2. The normalized spacial score (nSPS) is 21.0. The van der Waals surface area contributed by atoms with Gasteiger partial charge < -0.3 is 5.32 Å². The minimum atomic E-state index is -0.487. The van der Waals surface area contributed by atoms with Gasteiger partial charge in [-0.05, 0) is 25.0 Å². The summed E-state index contributed by atoms with van der Waals surface area (Å²) in [4.78, 5) is 24.3. The second kappa shape index (κ2) is 5.48. The third-order valence-corrected chi connectivity index (χ3v) is 3.35. The molecular formula is C14H17FN2O2. The van der Waals surface area contributed by atoms with Crippen molar-refractivity contribution in [1.29, 1.82) is 0 Å². The average Bonchev–Trinajstić information content (AvgIpc) is 2.60. The second-order valence-corrected chi connectivity index (χ2v) is 4.91. The highest BCUT2D eigenvalue weighted by Crippen LogP contribution is 2.13. The maximum Gasteiger partial charge on any atom is 0.246 e. The van der Waals surface area contributed by atoms with Crippen LogP contribution in [0.4, 0.5) is 4.39 Å². The van der Waals surface area contributed by atoms with Crippen LogP contribution in [0.5, 0.6) is 0 Å². The van der Waals surface area contributed by atoms with Gasteiger partial charge >= 0.3 is 0 Å². The van der Waals surface area contributed by atoms with Crippen LogP contribution in [0.25, 0.3) is 0 Å². The molecule has 2 atom stereocenters. The maximum atomic E-state index is 13.5. The van der Waals surface area contributed by atoms with E-state index in [0.717, 1.165) is 4.90 Å². The number of nitrogens with one attached hydrogen (secondary N) is 1. The highest BCUT2D eigenvalue weighted by Gasteiger charge is 2.36. The largest absolute Gasteiger partial charge is 0.303 e. The number of rotatable bonds is 4. The van der Waals surface area contributed by atoms with Crippen LogP contribution in [-0.2, 0) is 16.0 Å². The molecule has 0 aromatic heterocycles. The van der Waals surface area contributed by atoms with Crippen molar-refractivity contribution in [2.45, 2.75) is 31.8 Å². The first kappa shape index (κ1) is 13.7. The summed E-state index contributed by atoms with van der Waals surface area (Å²) in [5.74, 6) is -0.645. The molecule has 0 spiro atoms.